The van der Waals surface area contributed by atoms with Crippen LogP contribution in [0.3, 0.4) is 0 Å². The van der Waals surface area contributed by atoms with Crippen molar-refractivity contribution >= 4 is 28.8 Å². The van der Waals surface area contributed by atoms with Crippen molar-refractivity contribution in [3.63, 3.8) is 0 Å². The van der Waals surface area contributed by atoms with Gasteiger partial charge in [-0.3, -0.25) is 9.59 Å². The minimum Gasteiger partial charge on any atom is -0.495 e. The summed E-state index contributed by atoms with van der Waals surface area (Å²) in [6.07, 6.45) is 1.05. The van der Waals surface area contributed by atoms with Crippen LogP contribution in [0.25, 0.3) is 0 Å². The summed E-state index contributed by atoms with van der Waals surface area (Å²) in [5.74, 6) is 1.45. The molecule has 2 saturated heterocycles. The number of carbonyl (C=O) groups is 2. The number of primary amides is 1. The summed E-state index contributed by atoms with van der Waals surface area (Å²) < 4.78 is 5.31. The van der Waals surface area contributed by atoms with Gasteiger partial charge >= 0.3 is 0 Å². The molecule has 1 aromatic carbocycles. The first-order chi connectivity index (χ1) is 13.5. The summed E-state index contributed by atoms with van der Waals surface area (Å²) in [6, 6.07) is 8.35. The minimum atomic E-state index is -0.270. The van der Waals surface area contributed by atoms with Crippen LogP contribution in [0.5, 0.6) is 5.75 Å². The number of carbonyl (C=O) groups excluding carboxylic acids is 2. The molecule has 2 amide bonds. The molecule has 2 aliphatic heterocycles. The number of nitrogens with zero attached hydrogens (tertiary/aromatic N) is 2. The Hall–Kier alpha value is -2.54. The van der Waals surface area contributed by atoms with Crippen molar-refractivity contribution in [3.8, 4) is 5.75 Å². The second-order valence-electron chi connectivity index (χ2n) is 7.63. The van der Waals surface area contributed by atoms with Crippen molar-refractivity contribution in [3.05, 3.63) is 46.2 Å². The Bertz CT molecular complexity index is 867. The van der Waals surface area contributed by atoms with Crippen molar-refractivity contribution in [2.45, 2.75) is 12.8 Å². The van der Waals surface area contributed by atoms with E-state index in [0.29, 0.717) is 36.0 Å². The topological polar surface area (TPSA) is 75.9 Å². The zero-order chi connectivity index (χ0) is 19.7. The Kier molecular flexibility index (Phi) is 5.26. The molecule has 0 spiro atoms. The van der Waals surface area contributed by atoms with Crippen LogP contribution in [0.2, 0.25) is 0 Å². The Morgan fingerprint density at radius 2 is 1.93 bits per heavy atom. The van der Waals surface area contributed by atoms with E-state index in [1.807, 2.05) is 27.8 Å². The third-order valence-electron chi connectivity index (χ3n) is 5.79. The lowest BCUT2D eigenvalue weighted by Gasteiger charge is -2.23. The third kappa shape index (κ3) is 3.71. The number of nitrogens with two attached hydrogens (primary N) is 1. The number of amides is 2. The van der Waals surface area contributed by atoms with E-state index in [1.165, 1.54) is 17.0 Å². The average molecular weight is 400 g/mol. The smallest absolute Gasteiger partial charge is 0.258 e. The number of fused-ring (bicyclic) bond motifs is 1. The molecule has 0 bridgehead atoms. The van der Waals surface area contributed by atoms with Crippen LogP contribution in [0.4, 0.5) is 5.69 Å². The van der Waals surface area contributed by atoms with Crippen molar-refractivity contribution < 1.29 is 14.3 Å². The number of rotatable bonds is 6. The molecule has 148 valence electrons. The predicted molar refractivity (Wildman–Crippen MR) is 110 cm³/mol. The third-order valence-corrected chi connectivity index (χ3v) is 6.51. The number of benzene rings is 1. The van der Waals surface area contributed by atoms with Crippen LogP contribution >= 0.6 is 11.3 Å². The summed E-state index contributed by atoms with van der Waals surface area (Å²) in [7, 11) is 1.60. The standard InChI is InChI=1S/C21H25N3O3S/c1-27-19-13-28-12-18(19)21(26)24-10-15-8-23(9-16(15)11-24)17-4-2-3-14(7-17)5-6-20(22)25/h2-4,7,12-13,15-16H,5-6,8-11H2,1H3,(H2,22,25). The fraction of sp³-hybridized carbons (Fsp3) is 0.429. The predicted octanol–water partition coefficient (Wildman–Crippen LogP) is 2.38. The minimum absolute atomic E-state index is 0.0764. The molecule has 3 heterocycles. The van der Waals surface area contributed by atoms with E-state index in [-0.39, 0.29) is 11.8 Å². The first-order valence-electron chi connectivity index (χ1n) is 9.56. The average Bonchev–Trinajstić information content (AvgIpc) is 3.40. The molecule has 2 fully saturated rings. The van der Waals surface area contributed by atoms with Gasteiger partial charge in [0.25, 0.3) is 5.91 Å². The number of methoxy groups -OCH3 is 1. The molecular weight excluding hydrogens is 374 g/mol. The highest BCUT2D eigenvalue weighted by Crippen LogP contribution is 2.36. The maximum absolute atomic E-state index is 12.8. The highest BCUT2D eigenvalue weighted by Gasteiger charge is 2.42. The van der Waals surface area contributed by atoms with Gasteiger partial charge in [0.15, 0.2) is 0 Å². The van der Waals surface area contributed by atoms with E-state index >= 15 is 0 Å². The van der Waals surface area contributed by atoms with Crippen LogP contribution in [-0.4, -0.2) is 50.0 Å². The number of aryl methyl sites for hydroxylation is 1. The number of hydrogen-bond donors (Lipinski definition) is 1. The van der Waals surface area contributed by atoms with Gasteiger partial charge in [0.2, 0.25) is 5.91 Å². The number of anilines is 1. The van der Waals surface area contributed by atoms with Gasteiger partial charge in [-0.05, 0) is 24.1 Å². The molecule has 2 atom stereocenters. The lowest BCUT2D eigenvalue weighted by molar-refractivity contribution is -0.117. The molecule has 0 saturated carbocycles. The molecule has 1 aromatic heterocycles. The van der Waals surface area contributed by atoms with Crippen molar-refractivity contribution in [1.82, 2.24) is 4.90 Å². The highest BCUT2D eigenvalue weighted by atomic mass is 32.1. The first-order valence-corrected chi connectivity index (χ1v) is 10.5. The van der Waals surface area contributed by atoms with E-state index in [4.69, 9.17) is 10.5 Å². The Labute approximate surface area is 168 Å². The molecular formula is C21H25N3O3S. The van der Waals surface area contributed by atoms with Crippen LogP contribution in [0.15, 0.2) is 35.0 Å². The molecule has 2 N–H and O–H groups in total. The first kappa shape index (κ1) is 18.8. The molecule has 7 heteroatoms. The van der Waals surface area contributed by atoms with Gasteiger partial charge in [-0.2, -0.15) is 0 Å². The van der Waals surface area contributed by atoms with Gasteiger partial charge in [0, 0.05) is 60.9 Å². The van der Waals surface area contributed by atoms with Crippen molar-refractivity contribution in [1.29, 1.82) is 0 Å². The van der Waals surface area contributed by atoms with E-state index in [2.05, 4.69) is 17.0 Å². The van der Waals surface area contributed by atoms with Gasteiger partial charge in [0.1, 0.15) is 5.75 Å². The fourth-order valence-corrected chi connectivity index (χ4v) is 5.08. The fourth-order valence-electron chi connectivity index (χ4n) is 4.32. The summed E-state index contributed by atoms with van der Waals surface area (Å²) in [5, 5.41) is 3.75. The Balaban J connectivity index is 1.38. The number of likely N-dealkylation sites (tertiary alicyclic amines) is 1. The van der Waals surface area contributed by atoms with Gasteiger partial charge in [-0.25, -0.2) is 0 Å². The van der Waals surface area contributed by atoms with E-state index in [9.17, 15) is 9.59 Å². The molecule has 28 heavy (non-hydrogen) atoms. The van der Waals surface area contributed by atoms with E-state index in [1.54, 1.807) is 7.11 Å². The molecule has 4 rings (SSSR count). The van der Waals surface area contributed by atoms with Gasteiger partial charge in [0.05, 0.1) is 12.7 Å². The van der Waals surface area contributed by atoms with Crippen molar-refractivity contribution in [2.75, 3.05) is 38.2 Å². The lowest BCUT2D eigenvalue weighted by Crippen LogP contribution is -2.33. The van der Waals surface area contributed by atoms with Crippen LogP contribution in [0, 0.1) is 11.8 Å². The molecule has 0 aliphatic carbocycles. The quantitative estimate of drug-likeness (QED) is 0.809. The molecule has 2 aliphatic rings. The molecule has 0 radical (unpaired) electrons. The Morgan fingerprint density at radius 1 is 1.18 bits per heavy atom. The van der Waals surface area contributed by atoms with E-state index < -0.39 is 0 Å². The second kappa shape index (κ2) is 7.83. The highest BCUT2D eigenvalue weighted by molar-refractivity contribution is 7.08. The van der Waals surface area contributed by atoms with E-state index in [0.717, 1.165) is 31.7 Å². The summed E-state index contributed by atoms with van der Waals surface area (Å²) in [6.45, 7) is 3.49. The van der Waals surface area contributed by atoms with Crippen LogP contribution in [-0.2, 0) is 11.2 Å². The maximum atomic E-state index is 12.8. The number of ether oxygens (including phenoxy) is 1. The zero-order valence-electron chi connectivity index (χ0n) is 16.0. The van der Waals surface area contributed by atoms with Crippen LogP contribution in [0.1, 0.15) is 22.3 Å². The summed E-state index contributed by atoms with van der Waals surface area (Å²) in [5.41, 5.74) is 8.26. The molecule has 2 aromatic rings. The van der Waals surface area contributed by atoms with Gasteiger partial charge in [-0.15, -0.1) is 11.3 Å². The molecule has 2 unspecified atom stereocenters. The van der Waals surface area contributed by atoms with Gasteiger partial charge < -0.3 is 20.3 Å². The Morgan fingerprint density at radius 3 is 2.61 bits per heavy atom. The summed E-state index contributed by atoms with van der Waals surface area (Å²) in [4.78, 5) is 28.2. The zero-order valence-corrected chi connectivity index (χ0v) is 16.8. The normalized spacial score (nSPS) is 21.0. The SMILES string of the molecule is COc1cscc1C(=O)N1CC2CN(c3cccc(CCC(N)=O)c3)CC2C1. The van der Waals surface area contributed by atoms with Gasteiger partial charge in [-0.1, -0.05) is 12.1 Å². The summed E-state index contributed by atoms with van der Waals surface area (Å²) >= 11 is 1.49. The monoisotopic (exact) mass is 399 g/mol. The van der Waals surface area contributed by atoms with Crippen LogP contribution < -0.4 is 15.4 Å². The second-order valence-corrected chi connectivity index (χ2v) is 8.37. The molecule has 6 nitrogen and oxygen atoms in total. The largest absolute Gasteiger partial charge is 0.495 e. The number of hydrogen-bond acceptors (Lipinski definition) is 5. The lowest BCUT2D eigenvalue weighted by atomic mass is 10.0. The number of thiophene rings is 1. The maximum Gasteiger partial charge on any atom is 0.258 e. The van der Waals surface area contributed by atoms with Crippen molar-refractivity contribution in [2.24, 2.45) is 17.6 Å².